The average molecular weight is 330 g/mol. The van der Waals surface area contributed by atoms with E-state index < -0.39 is 0 Å². The van der Waals surface area contributed by atoms with Crippen LogP contribution in [0.3, 0.4) is 0 Å². The quantitative estimate of drug-likeness (QED) is 0.726. The van der Waals surface area contributed by atoms with Gasteiger partial charge in [0.05, 0.1) is 11.4 Å². The predicted molar refractivity (Wildman–Crippen MR) is 99.9 cm³/mol. The first-order valence-corrected chi connectivity index (χ1v) is 8.35. The van der Waals surface area contributed by atoms with Crippen molar-refractivity contribution in [3.63, 3.8) is 0 Å². The standard InChI is InChI=1S/C21H18N2O2/c1-14-12-20(24)22-18-8-4-5-9-19(18)23(14)21(25)17-11-10-15-6-2-3-7-16(15)13-17/h2-11,13-14H,12H2,1H3,(H,22,24)/t14-/m1/s1. The van der Waals surface area contributed by atoms with Crippen LogP contribution >= 0.6 is 0 Å². The molecule has 0 bridgehead atoms. The van der Waals surface area contributed by atoms with Crippen molar-refractivity contribution in [1.82, 2.24) is 0 Å². The third-order valence-corrected chi connectivity index (χ3v) is 4.57. The van der Waals surface area contributed by atoms with E-state index in [0.717, 1.165) is 16.5 Å². The summed E-state index contributed by atoms with van der Waals surface area (Å²) in [6.07, 6.45) is 0.272. The SMILES string of the molecule is C[C@@H]1CC(=O)Nc2ccccc2N1C(=O)c1ccc2ccccc2c1. The fraction of sp³-hybridized carbons (Fsp3) is 0.143. The number of carbonyl (C=O) groups excluding carboxylic acids is 2. The van der Waals surface area contributed by atoms with Crippen molar-refractivity contribution in [2.75, 3.05) is 10.2 Å². The average Bonchev–Trinajstić information content (AvgIpc) is 2.75. The van der Waals surface area contributed by atoms with Crippen LogP contribution in [-0.4, -0.2) is 17.9 Å². The van der Waals surface area contributed by atoms with Crippen molar-refractivity contribution < 1.29 is 9.59 Å². The Morgan fingerprint density at radius 3 is 2.56 bits per heavy atom. The molecule has 1 N–H and O–H groups in total. The molecule has 1 aliphatic heterocycles. The monoisotopic (exact) mass is 330 g/mol. The molecule has 3 aromatic rings. The molecule has 1 aliphatic rings. The molecular weight excluding hydrogens is 312 g/mol. The number of nitrogens with one attached hydrogen (secondary N) is 1. The topological polar surface area (TPSA) is 49.4 Å². The zero-order valence-electron chi connectivity index (χ0n) is 13.9. The minimum Gasteiger partial charge on any atom is -0.324 e. The van der Waals surface area contributed by atoms with Crippen LogP contribution in [0.4, 0.5) is 11.4 Å². The Labute approximate surface area is 146 Å². The summed E-state index contributed by atoms with van der Waals surface area (Å²) in [7, 11) is 0. The molecule has 0 unspecified atom stereocenters. The molecule has 0 spiro atoms. The number of anilines is 2. The van der Waals surface area contributed by atoms with E-state index in [-0.39, 0.29) is 24.3 Å². The number of hydrogen-bond donors (Lipinski definition) is 1. The summed E-state index contributed by atoms with van der Waals surface area (Å²) in [5, 5.41) is 5.01. The number of nitrogens with zero attached hydrogens (tertiary/aromatic N) is 1. The zero-order chi connectivity index (χ0) is 17.4. The van der Waals surface area contributed by atoms with Gasteiger partial charge in [-0.1, -0.05) is 42.5 Å². The molecule has 0 saturated heterocycles. The molecule has 1 atom stereocenters. The minimum atomic E-state index is -0.220. The van der Waals surface area contributed by atoms with Gasteiger partial charge < -0.3 is 10.2 Å². The van der Waals surface area contributed by atoms with Crippen LogP contribution in [-0.2, 0) is 4.79 Å². The lowest BCUT2D eigenvalue weighted by atomic mass is 10.0. The van der Waals surface area contributed by atoms with E-state index in [9.17, 15) is 9.59 Å². The second-order valence-electron chi connectivity index (χ2n) is 6.36. The lowest BCUT2D eigenvalue weighted by Crippen LogP contribution is -2.39. The van der Waals surface area contributed by atoms with Crippen molar-refractivity contribution in [1.29, 1.82) is 0 Å². The normalized spacial score (nSPS) is 16.9. The maximum absolute atomic E-state index is 13.3. The summed E-state index contributed by atoms with van der Waals surface area (Å²) in [6, 6.07) is 20.9. The predicted octanol–water partition coefficient (Wildman–Crippen LogP) is 4.22. The van der Waals surface area contributed by atoms with E-state index >= 15 is 0 Å². The number of rotatable bonds is 1. The Kier molecular flexibility index (Phi) is 3.73. The molecule has 0 aliphatic carbocycles. The van der Waals surface area contributed by atoms with Crippen LogP contribution in [0.15, 0.2) is 66.7 Å². The van der Waals surface area contributed by atoms with E-state index in [2.05, 4.69) is 5.32 Å². The highest BCUT2D eigenvalue weighted by molar-refractivity contribution is 6.12. The van der Waals surface area contributed by atoms with Gasteiger partial charge in [0, 0.05) is 18.0 Å². The number of hydrogen-bond acceptors (Lipinski definition) is 2. The molecule has 3 aromatic carbocycles. The van der Waals surface area contributed by atoms with Gasteiger partial charge in [0.25, 0.3) is 5.91 Å². The van der Waals surface area contributed by atoms with Crippen molar-refractivity contribution in [3.05, 3.63) is 72.3 Å². The molecule has 124 valence electrons. The Morgan fingerprint density at radius 2 is 1.72 bits per heavy atom. The number of para-hydroxylation sites is 2. The highest BCUT2D eigenvalue weighted by Crippen LogP contribution is 2.32. The zero-order valence-corrected chi connectivity index (χ0v) is 13.9. The fourth-order valence-electron chi connectivity index (χ4n) is 3.36. The molecule has 4 nitrogen and oxygen atoms in total. The molecule has 0 radical (unpaired) electrons. The molecule has 4 heteroatoms. The summed E-state index contributed by atoms with van der Waals surface area (Å²) in [5.41, 5.74) is 2.03. The highest BCUT2D eigenvalue weighted by Gasteiger charge is 2.30. The Morgan fingerprint density at radius 1 is 1.00 bits per heavy atom. The summed E-state index contributed by atoms with van der Waals surface area (Å²) in [6.45, 7) is 1.90. The van der Waals surface area contributed by atoms with E-state index in [4.69, 9.17) is 0 Å². The van der Waals surface area contributed by atoms with Gasteiger partial charge in [-0.05, 0) is 42.0 Å². The number of benzene rings is 3. The molecule has 25 heavy (non-hydrogen) atoms. The fourth-order valence-corrected chi connectivity index (χ4v) is 3.36. The molecule has 0 aromatic heterocycles. The molecule has 4 rings (SSSR count). The van der Waals surface area contributed by atoms with Crippen LogP contribution in [0.25, 0.3) is 10.8 Å². The van der Waals surface area contributed by atoms with Gasteiger partial charge in [-0.25, -0.2) is 0 Å². The van der Waals surface area contributed by atoms with E-state index in [1.165, 1.54) is 0 Å². The van der Waals surface area contributed by atoms with Crippen molar-refractivity contribution >= 4 is 34.0 Å². The Bertz CT molecular complexity index is 980. The maximum Gasteiger partial charge on any atom is 0.258 e. The second kappa shape index (κ2) is 6.06. The van der Waals surface area contributed by atoms with Gasteiger partial charge in [0.15, 0.2) is 0 Å². The molecule has 0 fully saturated rings. The molecule has 0 saturated carbocycles. The molecule has 1 heterocycles. The van der Waals surface area contributed by atoms with Crippen LogP contribution in [0.5, 0.6) is 0 Å². The van der Waals surface area contributed by atoms with Gasteiger partial charge in [0.2, 0.25) is 5.91 Å². The van der Waals surface area contributed by atoms with Crippen LogP contribution in [0.2, 0.25) is 0 Å². The van der Waals surface area contributed by atoms with Crippen LogP contribution in [0, 0.1) is 0 Å². The maximum atomic E-state index is 13.3. The Hall–Kier alpha value is -3.14. The van der Waals surface area contributed by atoms with E-state index in [1.807, 2.05) is 73.7 Å². The largest absolute Gasteiger partial charge is 0.324 e. The van der Waals surface area contributed by atoms with Crippen molar-refractivity contribution in [2.24, 2.45) is 0 Å². The smallest absolute Gasteiger partial charge is 0.258 e. The first kappa shape index (κ1) is 15.4. The first-order valence-electron chi connectivity index (χ1n) is 8.35. The van der Waals surface area contributed by atoms with Gasteiger partial charge >= 0.3 is 0 Å². The van der Waals surface area contributed by atoms with E-state index in [0.29, 0.717) is 11.3 Å². The summed E-state index contributed by atoms with van der Waals surface area (Å²) in [4.78, 5) is 27.1. The van der Waals surface area contributed by atoms with E-state index in [1.54, 1.807) is 4.90 Å². The molecule has 2 amide bonds. The van der Waals surface area contributed by atoms with Gasteiger partial charge in [-0.15, -0.1) is 0 Å². The van der Waals surface area contributed by atoms with Gasteiger partial charge in [-0.3, -0.25) is 9.59 Å². The van der Waals surface area contributed by atoms with Crippen molar-refractivity contribution in [2.45, 2.75) is 19.4 Å². The number of carbonyl (C=O) groups is 2. The minimum absolute atomic E-state index is 0.0752. The Balaban J connectivity index is 1.80. The molecular formula is C21H18N2O2. The lowest BCUT2D eigenvalue weighted by Gasteiger charge is -2.28. The summed E-state index contributed by atoms with van der Waals surface area (Å²) in [5.74, 6) is -0.170. The highest BCUT2D eigenvalue weighted by atomic mass is 16.2. The summed E-state index contributed by atoms with van der Waals surface area (Å²) < 4.78 is 0. The third kappa shape index (κ3) is 2.76. The van der Waals surface area contributed by atoms with Crippen LogP contribution < -0.4 is 10.2 Å². The third-order valence-electron chi connectivity index (χ3n) is 4.57. The second-order valence-corrected chi connectivity index (χ2v) is 6.36. The van der Waals surface area contributed by atoms with Crippen molar-refractivity contribution in [3.8, 4) is 0 Å². The lowest BCUT2D eigenvalue weighted by molar-refractivity contribution is -0.116. The number of fused-ring (bicyclic) bond motifs is 2. The summed E-state index contributed by atoms with van der Waals surface area (Å²) >= 11 is 0. The van der Waals surface area contributed by atoms with Gasteiger partial charge in [-0.2, -0.15) is 0 Å². The number of amides is 2. The van der Waals surface area contributed by atoms with Gasteiger partial charge in [0.1, 0.15) is 0 Å². The van der Waals surface area contributed by atoms with Crippen LogP contribution in [0.1, 0.15) is 23.7 Å². The first-order chi connectivity index (χ1) is 12.1.